The van der Waals surface area contributed by atoms with Crippen LogP contribution in [0.5, 0.6) is 0 Å². The minimum absolute atomic E-state index is 0.0842. The highest BCUT2D eigenvalue weighted by Gasteiger charge is 2.35. The first-order chi connectivity index (χ1) is 17.8. The van der Waals surface area contributed by atoms with Crippen LogP contribution in [-0.2, 0) is 31.4 Å². The molecule has 3 aromatic rings. The first-order valence-corrected chi connectivity index (χ1v) is 13.7. The molecule has 0 atom stereocenters. The summed E-state index contributed by atoms with van der Waals surface area (Å²) in [6.07, 6.45) is 0.574. The third-order valence-electron chi connectivity index (χ3n) is 5.70. The van der Waals surface area contributed by atoms with E-state index in [1.807, 2.05) is 20.8 Å². The van der Waals surface area contributed by atoms with E-state index >= 15 is 4.39 Å². The number of anilines is 1. The molecule has 0 saturated heterocycles. The van der Waals surface area contributed by atoms with Crippen LogP contribution >= 0.6 is 11.6 Å². The molecule has 0 bridgehead atoms. The zero-order chi connectivity index (χ0) is 27.8. The summed E-state index contributed by atoms with van der Waals surface area (Å²) in [7, 11) is -4.36. The maximum atomic E-state index is 15.3. The molecule has 0 saturated carbocycles. The van der Waals surface area contributed by atoms with Gasteiger partial charge in [0.2, 0.25) is 21.6 Å². The van der Waals surface area contributed by atoms with Gasteiger partial charge in [0.1, 0.15) is 11.5 Å². The van der Waals surface area contributed by atoms with Gasteiger partial charge in [0, 0.05) is 16.9 Å². The lowest BCUT2D eigenvalue weighted by atomic mass is 9.97. The quantitative estimate of drug-likeness (QED) is 0.454. The Morgan fingerprint density at radius 2 is 1.84 bits per heavy atom. The van der Waals surface area contributed by atoms with Gasteiger partial charge in [-0.15, -0.1) is 10.2 Å². The number of nitrogens with zero attached hydrogens (tertiary/aromatic N) is 3. The first kappa shape index (κ1) is 27.5. The van der Waals surface area contributed by atoms with Crippen LogP contribution in [0.3, 0.4) is 0 Å². The fourth-order valence-corrected chi connectivity index (χ4v) is 5.21. The van der Waals surface area contributed by atoms with Gasteiger partial charge in [-0.25, -0.2) is 12.8 Å². The van der Waals surface area contributed by atoms with E-state index in [1.54, 1.807) is 31.2 Å². The highest BCUT2D eigenvalue weighted by atomic mass is 35.5. The molecule has 0 aliphatic carbocycles. The van der Waals surface area contributed by atoms with Crippen molar-refractivity contribution < 1.29 is 26.8 Å². The van der Waals surface area contributed by atoms with E-state index < -0.39 is 43.5 Å². The Hall–Kier alpha value is -3.57. The second kappa shape index (κ2) is 10.3. The zero-order valence-corrected chi connectivity index (χ0v) is 22.8. The minimum Gasteiger partial charge on any atom is -0.420 e. The van der Waals surface area contributed by atoms with E-state index in [4.69, 9.17) is 16.0 Å². The summed E-state index contributed by atoms with van der Waals surface area (Å²) in [5.74, 6) is -2.15. The molecule has 1 aliphatic heterocycles. The lowest BCUT2D eigenvalue weighted by Crippen LogP contribution is -2.37. The molecule has 12 heteroatoms. The normalized spacial score (nSPS) is 15.1. The topological polar surface area (TPSA) is 122 Å². The van der Waals surface area contributed by atoms with E-state index in [0.29, 0.717) is 22.4 Å². The molecule has 4 rings (SSSR count). The van der Waals surface area contributed by atoms with E-state index in [0.717, 1.165) is 11.0 Å². The van der Waals surface area contributed by atoms with Crippen molar-refractivity contribution in [3.8, 4) is 11.5 Å². The maximum Gasteiger partial charge on any atom is 0.275 e. The van der Waals surface area contributed by atoms with Gasteiger partial charge >= 0.3 is 0 Å². The number of carbonyl (C=O) groups excluding carboxylic acids is 2. The number of halogens is 2. The summed E-state index contributed by atoms with van der Waals surface area (Å²) in [6.45, 7) is 7.21. The minimum atomic E-state index is -4.36. The zero-order valence-electron chi connectivity index (χ0n) is 21.2. The van der Waals surface area contributed by atoms with Crippen molar-refractivity contribution >= 4 is 38.9 Å². The largest absolute Gasteiger partial charge is 0.420 e. The van der Waals surface area contributed by atoms with Crippen molar-refractivity contribution in [1.29, 1.82) is 0 Å². The predicted molar refractivity (Wildman–Crippen MR) is 139 cm³/mol. The number of hydrogen-bond donors (Lipinski definition) is 1. The molecule has 1 N–H and O–H groups in total. The molecule has 9 nitrogen and oxygen atoms in total. The molecule has 0 radical (unpaired) electrons. The molecule has 2 aromatic carbocycles. The van der Waals surface area contributed by atoms with Crippen molar-refractivity contribution in [3.05, 3.63) is 69.8 Å². The van der Waals surface area contributed by atoms with Crippen molar-refractivity contribution in [1.82, 2.24) is 15.5 Å². The lowest BCUT2D eigenvalue weighted by Gasteiger charge is -2.24. The summed E-state index contributed by atoms with van der Waals surface area (Å²) >= 11 is 6.00. The highest BCUT2D eigenvalue weighted by Crippen LogP contribution is 2.38. The monoisotopic (exact) mass is 560 g/mol. The number of fused-ring (bicyclic) bond motifs is 1. The van der Waals surface area contributed by atoms with Crippen LogP contribution in [0.1, 0.15) is 52.0 Å². The van der Waals surface area contributed by atoms with Gasteiger partial charge in [-0.2, -0.15) is 0 Å². The Morgan fingerprint density at radius 3 is 2.45 bits per heavy atom. The Bertz CT molecular complexity index is 1540. The molecular formula is C26H26ClFN4O5S. The first-order valence-electron chi connectivity index (χ1n) is 11.8. The van der Waals surface area contributed by atoms with Gasteiger partial charge in [0.05, 0.1) is 28.1 Å². The number of amides is 2. The second-order valence-corrected chi connectivity index (χ2v) is 12.1. The maximum absolute atomic E-state index is 15.3. The number of nitrogens with one attached hydrogen (secondary N) is 1. The Balaban J connectivity index is 1.90. The molecule has 200 valence electrons. The van der Waals surface area contributed by atoms with Crippen molar-refractivity contribution in [2.24, 2.45) is 0 Å². The summed E-state index contributed by atoms with van der Waals surface area (Å²) in [5, 5.41) is 11.5. The number of hydrogen-bond acceptors (Lipinski definition) is 7. The standard InChI is InChI=1S/C26H26ClFN4O5S/c1-5-6-22(33)29-19-14-38(35,36)21-12-18(28)17(23-30-31-25(37-23)26(2,3)4)11-20(21)32(24(19)34)13-15-7-9-16(27)10-8-15/h7-12,14H,5-6,13H2,1-4H3,(H,29,33). The van der Waals surface area contributed by atoms with Gasteiger partial charge in [-0.1, -0.05) is 51.4 Å². The van der Waals surface area contributed by atoms with E-state index in [1.165, 1.54) is 6.07 Å². The number of rotatable bonds is 6. The lowest BCUT2D eigenvalue weighted by molar-refractivity contribution is -0.123. The number of aromatic nitrogens is 2. The molecule has 2 heterocycles. The van der Waals surface area contributed by atoms with Gasteiger partial charge in [-0.3, -0.25) is 9.59 Å². The van der Waals surface area contributed by atoms with Crippen LogP contribution in [0.15, 0.2) is 56.8 Å². The van der Waals surface area contributed by atoms with E-state index in [9.17, 15) is 18.0 Å². The smallest absolute Gasteiger partial charge is 0.275 e. The highest BCUT2D eigenvalue weighted by molar-refractivity contribution is 7.94. The Labute approximate surface area is 224 Å². The molecule has 2 amide bonds. The summed E-state index contributed by atoms with van der Waals surface area (Å²) < 4.78 is 47.7. The van der Waals surface area contributed by atoms with E-state index in [2.05, 4.69) is 15.5 Å². The fraction of sp³-hybridized carbons (Fsp3) is 0.308. The van der Waals surface area contributed by atoms with E-state index in [-0.39, 0.29) is 36.0 Å². The van der Waals surface area contributed by atoms with Crippen LogP contribution in [0.2, 0.25) is 5.02 Å². The van der Waals surface area contributed by atoms with Gasteiger partial charge in [0.25, 0.3) is 11.8 Å². The van der Waals surface area contributed by atoms with Crippen molar-refractivity contribution in [3.63, 3.8) is 0 Å². The van der Waals surface area contributed by atoms with Crippen LogP contribution in [0.25, 0.3) is 11.5 Å². The number of benzene rings is 2. The molecule has 0 spiro atoms. The average molecular weight is 561 g/mol. The van der Waals surface area contributed by atoms with Crippen LogP contribution in [0.4, 0.5) is 10.1 Å². The summed E-state index contributed by atoms with van der Waals surface area (Å²) in [4.78, 5) is 26.7. The van der Waals surface area contributed by atoms with Gasteiger partial charge in [0.15, 0.2) is 0 Å². The fourth-order valence-electron chi connectivity index (χ4n) is 3.76. The molecule has 0 unspecified atom stereocenters. The van der Waals surface area contributed by atoms with Crippen molar-refractivity contribution in [2.75, 3.05) is 4.90 Å². The Kier molecular flexibility index (Phi) is 7.44. The Morgan fingerprint density at radius 1 is 1.16 bits per heavy atom. The van der Waals surface area contributed by atoms with Crippen LogP contribution in [-0.4, -0.2) is 30.4 Å². The molecule has 0 fully saturated rings. The second-order valence-electron chi connectivity index (χ2n) is 9.85. The third-order valence-corrected chi connectivity index (χ3v) is 7.43. The molecule has 1 aliphatic rings. The molecular weight excluding hydrogens is 535 g/mol. The average Bonchev–Trinajstić information content (AvgIpc) is 3.31. The third kappa shape index (κ3) is 5.63. The SMILES string of the molecule is CCCC(=O)NC1=CS(=O)(=O)c2cc(F)c(-c3nnc(C(C)(C)C)o3)cc2N(Cc2ccc(Cl)cc2)C1=O. The van der Waals surface area contributed by atoms with Crippen LogP contribution < -0.4 is 10.2 Å². The number of sulfone groups is 1. The summed E-state index contributed by atoms with van der Waals surface area (Å²) in [6, 6.07) is 8.60. The van der Waals surface area contributed by atoms with Crippen molar-refractivity contribution in [2.45, 2.75) is 57.4 Å². The van der Waals surface area contributed by atoms with Crippen LogP contribution in [0, 0.1) is 5.82 Å². The van der Waals surface area contributed by atoms with Gasteiger partial charge < -0.3 is 14.6 Å². The molecule has 1 aromatic heterocycles. The number of carbonyl (C=O) groups is 2. The predicted octanol–water partition coefficient (Wildman–Crippen LogP) is 4.90. The summed E-state index contributed by atoms with van der Waals surface area (Å²) in [5.41, 5.74) is -0.612. The molecule has 38 heavy (non-hydrogen) atoms. The van der Waals surface area contributed by atoms with Gasteiger partial charge in [-0.05, 0) is 36.2 Å².